The second-order valence-electron chi connectivity index (χ2n) is 7.61. The van der Waals surface area contributed by atoms with Crippen LogP contribution in [0.25, 0.3) is 0 Å². The zero-order chi connectivity index (χ0) is 20.9. The number of nitrogens with zero attached hydrogens (tertiary/aromatic N) is 2. The molecule has 1 N–H and O–H groups in total. The first-order chi connectivity index (χ1) is 14.1. The van der Waals surface area contributed by atoms with Gasteiger partial charge in [0.15, 0.2) is 0 Å². The lowest BCUT2D eigenvalue weighted by Crippen LogP contribution is -2.19. The van der Waals surface area contributed by atoms with Crippen LogP contribution in [-0.4, -0.2) is 18.0 Å². The average molecular weight is 399 g/mol. The molecule has 0 heterocycles. The summed E-state index contributed by atoms with van der Waals surface area (Å²) in [5, 5.41) is 17.5. The van der Waals surface area contributed by atoms with Crippen LogP contribution in [0.2, 0.25) is 0 Å². The topological polar surface area (TPSA) is 63.4 Å². The predicted molar refractivity (Wildman–Crippen MR) is 117 cm³/mol. The summed E-state index contributed by atoms with van der Waals surface area (Å²) in [6.07, 6.45) is 6.20. The summed E-state index contributed by atoms with van der Waals surface area (Å²) in [7, 11) is 0. The SMILES string of the molecule is CCC(C)C(CCCCCCOc1ccc(N=Nc2ccc(C)cc2)cc1)OO. The molecular formula is C24H34N2O3. The van der Waals surface area contributed by atoms with Crippen LogP contribution in [0.15, 0.2) is 58.8 Å². The van der Waals surface area contributed by atoms with Crippen molar-refractivity contribution in [3.8, 4) is 5.75 Å². The third-order valence-electron chi connectivity index (χ3n) is 5.22. The average Bonchev–Trinajstić information content (AvgIpc) is 2.75. The van der Waals surface area contributed by atoms with Gasteiger partial charge in [0.05, 0.1) is 24.1 Å². The summed E-state index contributed by atoms with van der Waals surface area (Å²) in [5.74, 6) is 1.24. The predicted octanol–water partition coefficient (Wildman–Crippen LogP) is 7.64. The quantitative estimate of drug-likeness (QED) is 0.163. The number of benzene rings is 2. The molecule has 0 amide bonds. The highest BCUT2D eigenvalue weighted by Crippen LogP contribution is 2.22. The third-order valence-corrected chi connectivity index (χ3v) is 5.22. The molecule has 5 heteroatoms. The molecule has 0 saturated heterocycles. The molecule has 0 spiro atoms. The lowest BCUT2D eigenvalue weighted by Gasteiger charge is -2.19. The Hall–Kier alpha value is -2.24. The third kappa shape index (κ3) is 8.75. The zero-order valence-corrected chi connectivity index (χ0v) is 17.9. The van der Waals surface area contributed by atoms with Crippen molar-refractivity contribution in [2.75, 3.05) is 6.61 Å². The Morgan fingerprint density at radius 2 is 1.45 bits per heavy atom. The van der Waals surface area contributed by atoms with E-state index in [2.05, 4.69) is 35.9 Å². The monoisotopic (exact) mass is 398 g/mol. The van der Waals surface area contributed by atoms with Crippen molar-refractivity contribution in [3.05, 3.63) is 54.1 Å². The minimum Gasteiger partial charge on any atom is -0.494 e. The molecule has 0 aliphatic carbocycles. The first-order valence-corrected chi connectivity index (χ1v) is 10.6. The van der Waals surface area contributed by atoms with Crippen LogP contribution >= 0.6 is 0 Å². The van der Waals surface area contributed by atoms with Gasteiger partial charge in [-0.25, -0.2) is 4.89 Å². The van der Waals surface area contributed by atoms with E-state index < -0.39 is 0 Å². The normalized spacial score (nSPS) is 13.5. The highest BCUT2D eigenvalue weighted by atomic mass is 17.1. The summed E-state index contributed by atoms with van der Waals surface area (Å²) in [5.41, 5.74) is 2.86. The van der Waals surface area contributed by atoms with E-state index in [0.29, 0.717) is 12.5 Å². The maximum atomic E-state index is 8.98. The van der Waals surface area contributed by atoms with E-state index >= 15 is 0 Å². The smallest absolute Gasteiger partial charge is 0.119 e. The molecule has 0 bridgehead atoms. The Labute approximate surface area is 174 Å². The van der Waals surface area contributed by atoms with Crippen molar-refractivity contribution in [2.24, 2.45) is 16.1 Å². The summed E-state index contributed by atoms with van der Waals surface area (Å²) in [6, 6.07) is 15.6. The second kappa shape index (κ2) is 13.1. The van der Waals surface area contributed by atoms with E-state index in [1.807, 2.05) is 48.5 Å². The van der Waals surface area contributed by atoms with Gasteiger partial charge in [0.2, 0.25) is 0 Å². The molecule has 0 aliphatic heterocycles. The maximum absolute atomic E-state index is 8.98. The Kier molecular flexibility index (Phi) is 10.4. The van der Waals surface area contributed by atoms with Crippen molar-refractivity contribution < 1.29 is 14.9 Å². The van der Waals surface area contributed by atoms with Crippen molar-refractivity contribution in [2.45, 2.75) is 65.4 Å². The molecule has 158 valence electrons. The van der Waals surface area contributed by atoms with Crippen molar-refractivity contribution >= 4 is 11.4 Å². The Bertz CT molecular complexity index is 714. The van der Waals surface area contributed by atoms with E-state index in [0.717, 1.165) is 55.6 Å². The number of hydrogen-bond acceptors (Lipinski definition) is 5. The second-order valence-corrected chi connectivity index (χ2v) is 7.61. The van der Waals surface area contributed by atoms with E-state index in [-0.39, 0.29) is 6.10 Å². The molecule has 0 aromatic heterocycles. The molecule has 0 radical (unpaired) electrons. The molecule has 2 aromatic carbocycles. The summed E-state index contributed by atoms with van der Waals surface area (Å²) in [6.45, 7) is 6.99. The number of ether oxygens (including phenoxy) is 1. The number of aryl methyl sites for hydroxylation is 1. The first-order valence-electron chi connectivity index (χ1n) is 10.6. The van der Waals surface area contributed by atoms with E-state index in [4.69, 9.17) is 9.99 Å². The van der Waals surface area contributed by atoms with E-state index in [1.54, 1.807) is 0 Å². The van der Waals surface area contributed by atoms with Gasteiger partial charge in [-0.1, -0.05) is 57.2 Å². The van der Waals surface area contributed by atoms with Gasteiger partial charge in [0.1, 0.15) is 5.75 Å². The minimum absolute atomic E-state index is 0.0436. The van der Waals surface area contributed by atoms with Gasteiger partial charge in [0, 0.05) is 0 Å². The fraction of sp³-hybridized carbons (Fsp3) is 0.500. The molecule has 2 aromatic rings. The van der Waals surface area contributed by atoms with Crippen LogP contribution in [0, 0.1) is 12.8 Å². The van der Waals surface area contributed by atoms with Gasteiger partial charge in [0.25, 0.3) is 0 Å². The van der Waals surface area contributed by atoms with Gasteiger partial charge >= 0.3 is 0 Å². The first kappa shape index (κ1) is 23.0. The highest BCUT2D eigenvalue weighted by Gasteiger charge is 2.15. The van der Waals surface area contributed by atoms with Crippen molar-refractivity contribution in [1.29, 1.82) is 0 Å². The van der Waals surface area contributed by atoms with Gasteiger partial charge in [-0.15, -0.1) is 0 Å². The van der Waals surface area contributed by atoms with Crippen LogP contribution in [0.5, 0.6) is 5.75 Å². The largest absolute Gasteiger partial charge is 0.494 e. The fourth-order valence-corrected chi connectivity index (χ4v) is 3.03. The Balaban J connectivity index is 1.62. The molecule has 2 rings (SSSR count). The molecule has 29 heavy (non-hydrogen) atoms. The van der Waals surface area contributed by atoms with Crippen LogP contribution in [0.1, 0.15) is 57.9 Å². The van der Waals surface area contributed by atoms with Crippen LogP contribution in [0.4, 0.5) is 11.4 Å². The molecule has 0 fully saturated rings. The molecule has 0 saturated carbocycles. The van der Waals surface area contributed by atoms with Gasteiger partial charge in [-0.2, -0.15) is 10.2 Å². The summed E-state index contributed by atoms with van der Waals surface area (Å²) in [4.78, 5) is 4.61. The number of hydrogen-bond donors (Lipinski definition) is 1. The van der Waals surface area contributed by atoms with Crippen molar-refractivity contribution in [1.82, 2.24) is 0 Å². The maximum Gasteiger partial charge on any atom is 0.119 e. The molecular weight excluding hydrogens is 364 g/mol. The van der Waals surface area contributed by atoms with Crippen LogP contribution < -0.4 is 4.74 Å². The highest BCUT2D eigenvalue weighted by molar-refractivity contribution is 5.43. The lowest BCUT2D eigenvalue weighted by molar-refractivity contribution is -0.290. The Morgan fingerprint density at radius 1 is 0.862 bits per heavy atom. The summed E-state index contributed by atoms with van der Waals surface area (Å²) >= 11 is 0. The fourth-order valence-electron chi connectivity index (χ4n) is 3.03. The van der Waals surface area contributed by atoms with E-state index in [1.165, 1.54) is 5.56 Å². The Morgan fingerprint density at radius 3 is 2.03 bits per heavy atom. The van der Waals surface area contributed by atoms with Crippen molar-refractivity contribution in [3.63, 3.8) is 0 Å². The molecule has 5 nitrogen and oxygen atoms in total. The van der Waals surface area contributed by atoms with Gasteiger partial charge in [-0.05, 0) is 62.1 Å². The standard InChI is InChI=1S/C24H34N2O3/c1-4-20(3)24(29-27)9-7-5-6-8-18-28-23-16-14-22(15-17-23)26-25-21-12-10-19(2)11-13-21/h10-17,20,24,27H,4-9,18H2,1-3H3. The lowest BCUT2D eigenvalue weighted by atomic mass is 9.97. The molecule has 2 unspecified atom stereocenters. The number of azo groups is 1. The summed E-state index contributed by atoms with van der Waals surface area (Å²) < 4.78 is 5.80. The molecule has 0 aliphatic rings. The minimum atomic E-state index is -0.0436. The number of rotatable bonds is 13. The molecule has 2 atom stereocenters. The van der Waals surface area contributed by atoms with Crippen LogP contribution in [-0.2, 0) is 4.89 Å². The number of unbranched alkanes of at least 4 members (excludes halogenated alkanes) is 3. The van der Waals surface area contributed by atoms with Crippen LogP contribution in [0.3, 0.4) is 0 Å². The van der Waals surface area contributed by atoms with Gasteiger partial charge < -0.3 is 4.74 Å². The zero-order valence-electron chi connectivity index (χ0n) is 17.9. The van der Waals surface area contributed by atoms with E-state index in [9.17, 15) is 0 Å². The van der Waals surface area contributed by atoms with Gasteiger partial charge in [-0.3, -0.25) is 5.26 Å².